The molecule has 0 atom stereocenters. The molecule has 0 spiro atoms. The maximum atomic E-state index is 12.9. The van der Waals surface area contributed by atoms with Crippen molar-refractivity contribution in [1.29, 1.82) is 0 Å². The van der Waals surface area contributed by atoms with E-state index >= 15 is 0 Å². The van der Waals surface area contributed by atoms with Gasteiger partial charge in [-0.05, 0) is 43.0 Å². The third kappa shape index (κ3) is 2.83. The van der Waals surface area contributed by atoms with Gasteiger partial charge in [0.2, 0.25) is 5.91 Å². The Bertz CT molecular complexity index is 1100. The molecule has 2 aromatic carbocycles. The molecule has 5 nitrogen and oxygen atoms in total. The first kappa shape index (κ1) is 16.2. The molecule has 27 heavy (non-hydrogen) atoms. The number of fused-ring (bicyclic) bond motifs is 2. The van der Waals surface area contributed by atoms with Gasteiger partial charge in [0.1, 0.15) is 5.82 Å². The van der Waals surface area contributed by atoms with Crippen LogP contribution in [0.1, 0.15) is 36.7 Å². The minimum absolute atomic E-state index is 0.0251. The van der Waals surface area contributed by atoms with Crippen LogP contribution in [0.2, 0.25) is 0 Å². The van der Waals surface area contributed by atoms with E-state index in [2.05, 4.69) is 6.07 Å². The first-order valence-electron chi connectivity index (χ1n) is 9.61. The zero-order valence-electron chi connectivity index (χ0n) is 15.1. The predicted molar refractivity (Wildman–Crippen MR) is 105 cm³/mol. The van der Waals surface area contributed by atoms with Gasteiger partial charge >= 0.3 is 0 Å². The number of para-hydroxylation sites is 2. The Morgan fingerprint density at radius 3 is 2.70 bits per heavy atom. The van der Waals surface area contributed by atoms with Gasteiger partial charge < -0.3 is 4.90 Å². The molecule has 1 aliphatic heterocycles. The molecule has 0 N–H and O–H groups in total. The van der Waals surface area contributed by atoms with E-state index in [0.717, 1.165) is 37.3 Å². The Hall–Kier alpha value is -2.95. The summed E-state index contributed by atoms with van der Waals surface area (Å²) in [4.78, 5) is 32.4. The second-order valence-electron chi connectivity index (χ2n) is 7.38. The van der Waals surface area contributed by atoms with Crippen LogP contribution in [0.3, 0.4) is 0 Å². The number of aromatic nitrogens is 2. The average molecular weight is 359 g/mol. The number of benzene rings is 2. The van der Waals surface area contributed by atoms with Crippen molar-refractivity contribution in [2.24, 2.45) is 0 Å². The topological polar surface area (TPSA) is 55.2 Å². The van der Waals surface area contributed by atoms with Crippen molar-refractivity contribution in [2.45, 2.75) is 38.1 Å². The molecule has 1 amide bonds. The number of anilines is 1. The van der Waals surface area contributed by atoms with Gasteiger partial charge in [-0.3, -0.25) is 14.2 Å². The van der Waals surface area contributed by atoms with Crippen molar-refractivity contribution < 1.29 is 4.79 Å². The van der Waals surface area contributed by atoms with Gasteiger partial charge in [-0.25, -0.2) is 4.98 Å². The Morgan fingerprint density at radius 1 is 1.07 bits per heavy atom. The first-order valence-corrected chi connectivity index (χ1v) is 9.61. The Balaban J connectivity index is 1.43. The standard InChI is InChI=1S/C22H21N3O2/c26-21(24-14-13-15-5-1-4-8-19(15)24)12-11-20-23-18-7-3-2-6-17(18)22(27)25(20)16-9-10-16/h1-8,16H,9-14H2. The third-order valence-corrected chi connectivity index (χ3v) is 5.54. The van der Waals surface area contributed by atoms with Crippen LogP contribution in [-0.2, 0) is 17.6 Å². The fraction of sp³-hybridized carbons (Fsp3) is 0.318. The highest BCUT2D eigenvalue weighted by molar-refractivity contribution is 5.95. The summed E-state index contributed by atoms with van der Waals surface area (Å²) in [5, 5.41) is 0.660. The lowest BCUT2D eigenvalue weighted by molar-refractivity contribution is -0.118. The Kier molecular flexibility index (Phi) is 3.81. The van der Waals surface area contributed by atoms with Crippen molar-refractivity contribution in [3.05, 3.63) is 70.3 Å². The van der Waals surface area contributed by atoms with Gasteiger partial charge in [-0.1, -0.05) is 30.3 Å². The van der Waals surface area contributed by atoms with Crippen molar-refractivity contribution >= 4 is 22.5 Å². The lowest BCUT2D eigenvalue weighted by atomic mass is 10.2. The fourth-order valence-electron chi connectivity index (χ4n) is 4.03. The van der Waals surface area contributed by atoms with Gasteiger partial charge in [0.05, 0.1) is 10.9 Å². The van der Waals surface area contributed by atoms with Crippen LogP contribution in [0.15, 0.2) is 53.3 Å². The number of carbonyl (C=O) groups is 1. The van der Waals surface area contributed by atoms with Gasteiger partial charge in [0, 0.05) is 31.1 Å². The highest BCUT2D eigenvalue weighted by atomic mass is 16.2. The van der Waals surface area contributed by atoms with Gasteiger partial charge in [0.15, 0.2) is 0 Å². The number of hydrogen-bond donors (Lipinski definition) is 0. The van der Waals surface area contributed by atoms with E-state index in [0.29, 0.717) is 23.7 Å². The maximum absolute atomic E-state index is 12.9. The number of carbonyl (C=O) groups excluding carboxylic acids is 1. The molecule has 2 aliphatic rings. The second-order valence-corrected chi connectivity index (χ2v) is 7.38. The molecular weight excluding hydrogens is 338 g/mol. The Labute approximate surface area is 157 Å². The van der Waals surface area contributed by atoms with Gasteiger partial charge in [-0.2, -0.15) is 0 Å². The average Bonchev–Trinajstić information content (AvgIpc) is 3.43. The number of amides is 1. The lowest BCUT2D eigenvalue weighted by Crippen LogP contribution is -2.30. The van der Waals surface area contributed by atoms with E-state index in [1.54, 1.807) is 0 Å². The monoisotopic (exact) mass is 359 g/mol. The zero-order chi connectivity index (χ0) is 18.4. The van der Waals surface area contributed by atoms with Crippen molar-refractivity contribution in [3.63, 3.8) is 0 Å². The van der Waals surface area contributed by atoms with E-state index in [1.165, 1.54) is 5.56 Å². The van der Waals surface area contributed by atoms with Gasteiger partial charge in [0.25, 0.3) is 5.56 Å². The minimum Gasteiger partial charge on any atom is -0.312 e. The molecule has 5 rings (SSSR count). The van der Waals surface area contributed by atoms with Crippen LogP contribution in [0.25, 0.3) is 10.9 Å². The normalized spacial score (nSPS) is 15.9. The van der Waals surface area contributed by atoms with E-state index in [9.17, 15) is 9.59 Å². The molecule has 0 saturated heterocycles. The molecule has 1 aromatic heterocycles. The predicted octanol–water partition coefficient (Wildman–Crippen LogP) is 3.25. The summed E-state index contributed by atoms with van der Waals surface area (Å²) in [5.74, 6) is 0.840. The Morgan fingerprint density at radius 2 is 1.85 bits per heavy atom. The summed E-state index contributed by atoms with van der Waals surface area (Å²) >= 11 is 0. The molecule has 0 unspecified atom stereocenters. The molecule has 1 aliphatic carbocycles. The summed E-state index contributed by atoms with van der Waals surface area (Å²) in [6.45, 7) is 0.735. The molecule has 1 fully saturated rings. The van der Waals surface area contributed by atoms with Crippen molar-refractivity contribution in [1.82, 2.24) is 9.55 Å². The van der Waals surface area contributed by atoms with E-state index in [4.69, 9.17) is 4.98 Å². The summed E-state index contributed by atoms with van der Waals surface area (Å²) in [6, 6.07) is 15.8. The third-order valence-electron chi connectivity index (χ3n) is 5.54. The van der Waals surface area contributed by atoms with E-state index in [1.807, 2.05) is 51.9 Å². The number of rotatable bonds is 4. The summed E-state index contributed by atoms with van der Waals surface area (Å²) in [6.07, 6.45) is 3.80. The van der Waals surface area contributed by atoms with E-state index < -0.39 is 0 Å². The minimum atomic E-state index is 0.0251. The van der Waals surface area contributed by atoms with Crippen LogP contribution in [0.4, 0.5) is 5.69 Å². The first-order chi connectivity index (χ1) is 13.2. The molecule has 2 heterocycles. The fourth-order valence-corrected chi connectivity index (χ4v) is 4.03. The smallest absolute Gasteiger partial charge is 0.261 e. The lowest BCUT2D eigenvalue weighted by Gasteiger charge is -2.18. The second kappa shape index (κ2) is 6.34. The largest absolute Gasteiger partial charge is 0.312 e. The molecule has 136 valence electrons. The SMILES string of the molecule is O=C(CCc1nc2ccccc2c(=O)n1C1CC1)N1CCc2ccccc21. The molecule has 1 saturated carbocycles. The quantitative estimate of drug-likeness (QED) is 0.718. The van der Waals surface area contributed by atoms with Gasteiger partial charge in [-0.15, -0.1) is 0 Å². The molecule has 5 heteroatoms. The number of hydrogen-bond acceptors (Lipinski definition) is 3. The van der Waals surface area contributed by atoms with Crippen LogP contribution in [0.5, 0.6) is 0 Å². The summed E-state index contributed by atoms with van der Waals surface area (Å²) in [7, 11) is 0. The van der Waals surface area contributed by atoms with E-state index in [-0.39, 0.29) is 17.5 Å². The summed E-state index contributed by atoms with van der Waals surface area (Å²) in [5.41, 5.74) is 2.99. The highest BCUT2D eigenvalue weighted by Gasteiger charge is 2.29. The zero-order valence-corrected chi connectivity index (χ0v) is 15.1. The van der Waals surface area contributed by atoms with Crippen molar-refractivity contribution in [3.8, 4) is 0 Å². The van der Waals surface area contributed by atoms with Crippen LogP contribution < -0.4 is 10.5 Å². The molecule has 0 bridgehead atoms. The molecule has 0 radical (unpaired) electrons. The van der Waals surface area contributed by atoms with Crippen LogP contribution in [0, 0.1) is 0 Å². The van der Waals surface area contributed by atoms with Crippen molar-refractivity contribution in [2.75, 3.05) is 11.4 Å². The highest BCUT2D eigenvalue weighted by Crippen LogP contribution is 2.35. The number of aryl methyl sites for hydroxylation is 1. The summed E-state index contributed by atoms with van der Waals surface area (Å²) < 4.78 is 1.83. The van der Waals surface area contributed by atoms with Crippen LogP contribution in [-0.4, -0.2) is 22.0 Å². The molecule has 3 aromatic rings. The van der Waals surface area contributed by atoms with Crippen LogP contribution >= 0.6 is 0 Å². The molecular formula is C22H21N3O2. The maximum Gasteiger partial charge on any atom is 0.261 e. The number of nitrogens with zero attached hydrogens (tertiary/aromatic N) is 3.